The Kier molecular flexibility index (Phi) is 6.06. The number of rotatable bonds is 6. The molecule has 1 saturated heterocycles. The number of ether oxygens (including phenoxy) is 1. The van der Waals surface area contributed by atoms with Gasteiger partial charge in [0.2, 0.25) is 0 Å². The topological polar surface area (TPSA) is 107 Å². The van der Waals surface area contributed by atoms with E-state index in [1.807, 2.05) is 0 Å². The number of hydrogen-bond donors (Lipinski definition) is 2. The van der Waals surface area contributed by atoms with Crippen LogP contribution in [0.2, 0.25) is 0 Å². The molecule has 1 fully saturated rings. The Labute approximate surface area is 144 Å². The molecule has 8 nitrogen and oxygen atoms in total. The number of nitrogens with two attached hydrogens (primary N) is 1. The average molecular weight is 384 g/mol. The Balaban J connectivity index is 2.24. The maximum Gasteiger partial charge on any atom is 0.353 e. The quantitative estimate of drug-likeness (QED) is 0.523. The van der Waals surface area contributed by atoms with Crippen molar-refractivity contribution in [3.63, 3.8) is 0 Å². The molecule has 4 atom stereocenters. The van der Waals surface area contributed by atoms with E-state index in [2.05, 4.69) is 4.99 Å². The number of aliphatic imine (C=N–C) groups is 1. The minimum Gasteiger partial charge on any atom is -0.386 e. The fraction of sp³-hybridized carbons (Fsp3) is 0.615. The summed E-state index contributed by atoms with van der Waals surface area (Å²) in [4.78, 5) is 5.41. The predicted octanol–water partition coefficient (Wildman–Crippen LogP) is 1.16. The molecule has 0 aliphatic carbocycles. The summed E-state index contributed by atoms with van der Waals surface area (Å²) in [5.41, 5.74) is 3.94. The van der Waals surface area contributed by atoms with E-state index in [0.29, 0.717) is 5.84 Å². The second-order valence-corrected chi connectivity index (χ2v) is 7.64. The zero-order valence-electron chi connectivity index (χ0n) is 13.2. The van der Waals surface area contributed by atoms with E-state index in [1.54, 1.807) is 0 Å². The molecule has 11 heteroatoms. The van der Waals surface area contributed by atoms with Crippen LogP contribution < -0.4 is 5.73 Å². The maximum atomic E-state index is 14.6. The van der Waals surface area contributed by atoms with Crippen molar-refractivity contribution in [1.82, 2.24) is 4.90 Å². The van der Waals surface area contributed by atoms with Crippen LogP contribution in [0.3, 0.4) is 0 Å². The van der Waals surface area contributed by atoms with Gasteiger partial charge in [-0.2, -0.15) is 0 Å². The molecule has 24 heavy (non-hydrogen) atoms. The maximum absolute atomic E-state index is 14.6. The minimum absolute atomic E-state index is 0.0802. The van der Waals surface area contributed by atoms with Gasteiger partial charge in [0, 0.05) is 26.2 Å². The van der Waals surface area contributed by atoms with Crippen molar-refractivity contribution >= 4 is 25.0 Å². The number of aliphatic hydroxyl groups is 1. The summed E-state index contributed by atoms with van der Waals surface area (Å²) in [6, 6.07) is 0. The van der Waals surface area contributed by atoms with Crippen LogP contribution in [-0.4, -0.2) is 66.7 Å². The van der Waals surface area contributed by atoms with Crippen LogP contribution in [-0.2, 0) is 18.3 Å². The molecule has 2 aliphatic heterocycles. The predicted molar refractivity (Wildman–Crippen MR) is 87.5 cm³/mol. The van der Waals surface area contributed by atoms with Gasteiger partial charge in [0.25, 0.3) is 0 Å². The molecule has 0 saturated carbocycles. The Morgan fingerprint density at radius 2 is 2.33 bits per heavy atom. The highest BCUT2D eigenvalue weighted by atomic mass is 35.5. The van der Waals surface area contributed by atoms with E-state index in [4.69, 9.17) is 31.1 Å². The van der Waals surface area contributed by atoms with Gasteiger partial charge in [0.05, 0.1) is 5.88 Å². The number of aliphatic hydroxyl groups excluding tert-OH is 1. The van der Waals surface area contributed by atoms with Gasteiger partial charge in [-0.25, -0.2) is 9.38 Å². The Morgan fingerprint density at radius 1 is 1.67 bits per heavy atom. The first-order valence-corrected chi connectivity index (χ1v) is 9.17. The van der Waals surface area contributed by atoms with Crippen LogP contribution in [0.25, 0.3) is 0 Å². The summed E-state index contributed by atoms with van der Waals surface area (Å²) in [5.74, 6) is 1.14. The molecule has 2 rings (SSSR count). The largest absolute Gasteiger partial charge is 0.386 e. The molecule has 0 aromatic heterocycles. The SMILES string of the molecule is COP(=O)(C=CC1(CCl)OC(N2C=CC(N)=NC2)C(F)C1O)OC. The molecule has 4 unspecified atom stereocenters. The first kappa shape index (κ1) is 19.4. The number of amidine groups is 1. The molecule has 0 bridgehead atoms. The average Bonchev–Trinajstić information content (AvgIpc) is 2.86. The van der Waals surface area contributed by atoms with E-state index >= 15 is 0 Å². The minimum atomic E-state index is -3.51. The lowest BCUT2D eigenvalue weighted by Crippen LogP contribution is -2.42. The fourth-order valence-electron chi connectivity index (χ4n) is 2.34. The van der Waals surface area contributed by atoms with Crippen LogP contribution in [0.1, 0.15) is 0 Å². The second kappa shape index (κ2) is 7.51. The van der Waals surface area contributed by atoms with Crippen LogP contribution in [0.4, 0.5) is 4.39 Å². The first-order valence-electron chi connectivity index (χ1n) is 7.02. The summed E-state index contributed by atoms with van der Waals surface area (Å²) >= 11 is 5.91. The molecule has 136 valence electrons. The molecular weight excluding hydrogens is 364 g/mol. The zero-order valence-corrected chi connectivity index (χ0v) is 14.9. The van der Waals surface area contributed by atoms with E-state index < -0.39 is 31.7 Å². The third-order valence-corrected chi connectivity index (χ3v) is 5.80. The van der Waals surface area contributed by atoms with Crippen molar-refractivity contribution in [3.05, 3.63) is 24.2 Å². The zero-order chi connectivity index (χ0) is 18.0. The van der Waals surface area contributed by atoms with Crippen molar-refractivity contribution in [2.45, 2.75) is 24.1 Å². The van der Waals surface area contributed by atoms with Gasteiger partial charge >= 0.3 is 7.60 Å². The van der Waals surface area contributed by atoms with Crippen LogP contribution >= 0.6 is 19.2 Å². The molecule has 0 spiro atoms. The van der Waals surface area contributed by atoms with Crippen molar-refractivity contribution in [2.75, 3.05) is 26.8 Å². The second-order valence-electron chi connectivity index (χ2n) is 5.26. The van der Waals surface area contributed by atoms with E-state index in [9.17, 15) is 14.1 Å². The Morgan fingerprint density at radius 3 is 2.83 bits per heavy atom. The molecule has 3 N–H and O–H groups in total. The number of halogens is 2. The Hall–Kier alpha value is -0.960. The first-order chi connectivity index (χ1) is 11.3. The lowest BCUT2D eigenvalue weighted by atomic mass is 9.98. The van der Waals surface area contributed by atoms with Crippen molar-refractivity contribution < 1.29 is 27.8 Å². The smallest absolute Gasteiger partial charge is 0.353 e. The number of hydrogen-bond acceptors (Lipinski definition) is 8. The van der Waals surface area contributed by atoms with Crippen molar-refractivity contribution in [2.24, 2.45) is 10.7 Å². The summed E-state index contributed by atoms with van der Waals surface area (Å²) in [5, 5.41) is 10.3. The van der Waals surface area contributed by atoms with Gasteiger partial charge in [-0.1, -0.05) is 0 Å². The molecule has 0 aromatic rings. The highest BCUT2D eigenvalue weighted by molar-refractivity contribution is 7.57. The van der Waals surface area contributed by atoms with Crippen molar-refractivity contribution in [1.29, 1.82) is 0 Å². The van der Waals surface area contributed by atoms with Gasteiger partial charge in [-0.05, 0) is 12.2 Å². The molecule has 0 aromatic carbocycles. The summed E-state index contributed by atoms with van der Waals surface area (Å²) in [7, 11) is -1.11. The lowest BCUT2D eigenvalue weighted by molar-refractivity contribution is -0.0812. The van der Waals surface area contributed by atoms with Crippen LogP contribution in [0.15, 0.2) is 29.2 Å². The van der Waals surface area contributed by atoms with Crippen molar-refractivity contribution in [3.8, 4) is 0 Å². The summed E-state index contributed by atoms with van der Waals surface area (Å²) in [6.07, 6.45) is -0.230. The van der Waals surface area contributed by atoms with Gasteiger partial charge in [-0.15, -0.1) is 11.6 Å². The molecule has 0 radical (unpaired) electrons. The number of alkyl halides is 2. The Bertz CT molecular complexity index is 596. The lowest BCUT2D eigenvalue weighted by Gasteiger charge is -2.30. The van der Waals surface area contributed by atoms with Crippen LogP contribution in [0.5, 0.6) is 0 Å². The molecule has 0 amide bonds. The standard InChI is InChI=1S/C13H20ClFN3O5P/c1-21-24(20,22-2)6-4-13(7-14)11(19)10(15)12(23-13)18-5-3-9(16)17-8-18/h3-6,10-12,19H,7-8H2,1-2H3,(H2,16,17). The van der Waals surface area contributed by atoms with E-state index in [-0.39, 0.29) is 12.5 Å². The van der Waals surface area contributed by atoms with Crippen LogP contribution in [0, 0.1) is 0 Å². The van der Waals surface area contributed by atoms with Gasteiger partial charge in [-0.3, -0.25) is 4.57 Å². The molecule has 2 heterocycles. The highest BCUT2D eigenvalue weighted by Crippen LogP contribution is 2.49. The third-order valence-electron chi connectivity index (χ3n) is 3.85. The molecule has 2 aliphatic rings. The molecular formula is C13H20ClFN3O5P. The summed E-state index contributed by atoms with van der Waals surface area (Å²) in [6.45, 7) is 0.0802. The number of nitrogens with zero attached hydrogens (tertiary/aromatic N) is 2. The van der Waals surface area contributed by atoms with Gasteiger partial charge in [0.15, 0.2) is 12.4 Å². The highest BCUT2D eigenvalue weighted by Gasteiger charge is 2.55. The monoisotopic (exact) mass is 383 g/mol. The van der Waals surface area contributed by atoms with Gasteiger partial charge < -0.3 is 29.5 Å². The summed E-state index contributed by atoms with van der Waals surface area (Å²) < 4.78 is 41.9. The fourth-order valence-corrected chi connectivity index (χ4v) is 3.48. The van der Waals surface area contributed by atoms with Gasteiger partial charge in [0.1, 0.15) is 24.2 Å². The van der Waals surface area contributed by atoms with E-state index in [0.717, 1.165) is 5.82 Å². The van der Waals surface area contributed by atoms with E-state index in [1.165, 1.54) is 37.5 Å². The third kappa shape index (κ3) is 3.66. The normalized spacial score (nSPS) is 34.1.